The van der Waals surface area contributed by atoms with E-state index in [-0.39, 0.29) is 5.91 Å². The molecule has 3 rings (SSSR count). The number of hydrogen-bond donors (Lipinski definition) is 0. The van der Waals surface area contributed by atoms with Crippen LogP contribution < -0.4 is 4.74 Å². The molecule has 0 aliphatic carbocycles. The monoisotopic (exact) mass is 380 g/mol. The molecule has 2 aromatic rings. The molecule has 2 aromatic carbocycles. The molecule has 0 radical (unpaired) electrons. The first-order chi connectivity index (χ1) is 13.1. The molecule has 0 unspecified atom stereocenters. The number of rotatable bonds is 6. The number of aryl methyl sites for hydroxylation is 1. The Morgan fingerprint density at radius 3 is 2.59 bits per heavy atom. The van der Waals surface area contributed by atoms with E-state index in [0.29, 0.717) is 11.4 Å². The summed E-state index contributed by atoms with van der Waals surface area (Å²) in [6, 6.07) is 15.7. The fourth-order valence-corrected chi connectivity index (χ4v) is 3.78. The molecule has 4 nitrogen and oxygen atoms in total. The van der Waals surface area contributed by atoms with Crippen molar-refractivity contribution >= 4 is 34.6 Å². The van der Waals surface area contributed by atoms with Crippen LogP contribution in [0.25, 0.3) is 6.08 Å². The van der Waals surface area contributed by atoms with E-state index in [1.165, 1.54) is 17.3 Å². The summed E-state index contributed by atoms with van der Waals surface area (Å²) < 4.78 is 5.41. The summed E-state index contributed by atoms with van der Waals surface area (Å²) in [5, 5.41) is 0.735. The van der Waals surface area contributed by atoms with Gasteiger partial charge in [0.1, 0.15) is 5.75 Å². The van der Waals surface area contributed by atoms with Crippen molar-refractivity contribution in [1.82, 2.24) is 4.90 Å². The molecule has 1 saturated heterocycles. The van der Waals surface area contributed by atoms with Gasteiger partial charge in [0.2, 0.25) is 0 Å². The summed E-state index contributed by atoms with van der Waals surface area (Å²) in [6.07, 6.45) is 3.86. The molecule has 140 valence electrons. The van der Waals surface area contributed by atoms with Crippen molar-refractivity contribution in [3.8, 4) is 5.75 Å². The molecule has 0 aromatic heterocycles. The van der Waals surface area contributed by atoms with Gasteiger partial charge >= 0.3 is 0 Å². The van der Waals surface area contributed by atoms with E-state index in [1.807, 2.05) is 61.5 Å². The van der Waals surface area contributed by atoms with E-state index >= 15 is 0 Å². The molecule has 0 saturated carbocycles. The fraction of sp³-hybridized carbons (Fsp3) is 0.273. The van der Waals surface area contributed by atoms with E-state index in [2.05, 4.69) is 6.92 Å². The Labute approximate surface area is 164 Å². The van der Waals surface area contributed by atoms with Gasteiger partial charge in [-0.25, -0.2) is 4.99 Å². The number of ether oxygens (including phenoxy) is 1. The van der Waals surface area contributed by atoms with E-state index in [0.717, 1.165) is 35.0 Å². The largest absolute Gasteiger partial charge is 0.496 e. The van der Waals surface area contributed by atoms with Gasteiger partial charge in [-0.05, 0) is 49.4 Å². The lowest BCUT2D eigenvalue weighted by molar-refractivity contribution is -0.122. The second-order valence-electron chi connectivity index (χ2n) is 6.39. The van der Waals surface area contributed by atoms with Gasteiger partial charge in [-0.1, -0.05) is 49.2 Å². The highest BCUT2D eigenvalue weighted by atomic mass is 32.2. The molecule has 0 bridgehead atoms. The third kappa shape index (κ3) is 4.61. The van der Waals surface area contributed by atoms with Crippen molar-refractivity contribution in [3.63, 3.8) is 0 Å². The number of amidine groups is 1. The van der Waals surface area contributed by atoms with Crippen LogP contribution in [-0.2, 0) is 4.79 Å². The SMILES string of the molecule is CCCCN1C(=O)/C(=C\c2ccccc2OC)SC1=Nc1ccc(C)cc1. The standard InChI is InChI=1S/C22H24N2O2S/c1-4-5-14-24-21(25)20(15-17-8-6-7-9-19(17)26-3)27-22(24)23-18-12-10-16(2)11-13-18/h6-13,15H,4-5,14H2,1-3H3/b20-15+,23-22?. The average molecular weight is 381 g/mol. The van der Waals surface area contributed by atoms with Gasteiger partial charge in [0.25, 0.3) is 5.91 Å². The predicted octanol–water partition coefficient (Wildman–Crippen LogP) is 5.41. The minimum absolute atomic E-state index is 0.00483. The lowest BCUT2D eigenvalue weighted by Crippen LogP contribution is -2.30. The van der Waals surface area contributed by atoms with Gasteiger partial charge in [-0.3, -0.25) is 9.69 Å². The minimum atomic E-state index is 0.00483. The Balaban J connectivity index is 1.95. The van der Waals surface area contributed by atoms with Gasteiger partial charge in [-0.15, -0.1) is 0 Å². The van der Waals surface area contributed by atoms with Gasteiger partial charge in [-0.2, -0.15) is 0 Å². The van der Waals surface area contributed by atoms with Crippen LogP contribution in [0, 0.1) is 6.92 Å². The summed E-state index contributed by atoms with van der Waals surface area (Å²) in [5.74, 6) is 0.757. The number of amides is 1. The second kappa shape index (κ2) is 8.91. The Kier molecular flexibility index (Phi) is 6.35. The maximum absolute atomic E-state index is 13.0. The van der Waals surface area contributed by atoms with Crippen LogP contribution in [0.5, 0.6) is 5.75 Å². The number of aliphatic imine (C=N–C) groups is 1. The van der Waals surface area contributed by atoms with Crippen molar-refractivity contribution in [3.05, 3.63) is 64.6 Å². The quantitative estimate of drug-likeness (QED) is 0.630. The molecule has 0 atom stereocenters. The number of benzene rings is 2. The maximum atomic E-state index is 13.0. The molecule has 27 heavy (non-hydrogen) atoms. The van der Waals surface area contributed by atoms with Crippen LogP contribution in [-0.4, -0.2) is 29.6 Å². The zero-order chi connectivity index (χ0) is 19.2. The van der Waals surface area contributed by atoms with Crippen LogP contribution in [0.3, 0.4) is 0 Å². The second-order valence-corrected chi connectivity index (χ2v) is 7.40. The molecule has 1 aliphatic rings. The van der Waals surface area contributed by atoms with Gasteiger partial charge in [0.15, 0.2) is 5.17 Å². The smallest absolute Gasteiger partial charge is 0.266 e. The van der Waals surface area contributed by atoms with Gasteiger partial charge in [0.05, 0.1) is 17.7 Å². The van der Waals surface area contributed by atoms with E-state index in [1.54, 1.807) is 12.0 Å². The third-order valence-corrected chi connectivity index (χ3v) is 5.31. The zero-order valence-electron chi connectivity index (χ0n) is 15.9. The summed E-state index contributed by atoms with van der Waals surface area (Å²) in [5.41, 5.74) is 2.94. The zero-order valence-corrected chi connectivity index (χ0v) is 16.8. The molecular weight excluding hydrogens is 356 g/mol. The third-order valence-electron chi connectivity index (χ3n) is 4.31. The number of hydrogen-bond acceptors (Lipinski definition) is 4. The Bertz CT molecular complexity index is 872. The van der Waals surface area contributed by atoms with Gasteiger partial charge < -0.3 is 4.74 Å². The van der Waals surface area contributed by atoms with Gasteiger partial charge in [0, 0.05) is 12.1 Å². The first-order valence-corrected chi connectivity index (χ1v) is 9.94. The first-order valence-electron chi connectivity index (χ1n) is 9.12. The molecular formula is C22H24N2O2S. The maximum Gasteiger partial charge on any atom is 0.266 e. The molecule has 1 fully saturated rings. The van der Waals surface area contributed by atoms with Crippen LogP contribution in [0.2, 0.25) is 0 Å². The van der Waals surface area contributed by atoms with Crippen LogP contribution in [0.4, 0.5) is 5.69 Å². The van der Waals surface area contributed by atoms with Crippen LogP contribution in [0.1, 0.15) is 30.9 Å². The van der Waals surface area contributed by atoms with E-state index in [9.17, 15) is 4.79 Å². The highest BCUT2D eigenvalue weighted by Gasteiger charge is 2.33. The normalized spacial score (nSPS) is 17.1. The number of thioether (sulfide) groups is 1. The topological polar surface area (TPSA) is 41.9 Å². The average Bonchev–Trinajstić information content (AvgIpc) is 2.97. The van der Waals surface area contributed by atoms with Crippen molar-refractivity contribution < 1.29 is 9.53 Å². The van der Waals surface area contributed by atoms with E-state index < -0.39 is 0 Å². The van der Waals surface area contributed by atoms with Crippen molar-refractivity contribution in [1.29, 1.82) is 0 Å². The molecule has 0 spiro atoms. The summed E-state index contributed by atoms with van der Waals surface area (Å²) >= 11 is 1.42. The number of carbonyl (C=O) groups excluding carboxylic acids is 1. The number of para-hydroxylation sites is 1. The Morgan fingerprint density at radius 1 is 1.15 bits per heavy atom. The highest BCUT2D eigenvalue weighted by Crippen LogP contribution is 2.35. The van der Waals surface area contributed by atoms with Crippen molar-refractivity contribution in [2.24, 2.45) is 4.99 Å². The van der Waals surface area contributed by atoms with Crippen LogP contribution >= 0.6 is 11.8 Å². The molecule has 1 aliphatic heterocycles. The number of methoxy groups -OCH3 is 1. The Hall–Kier alpha value is -2.53. The minimum Gasteiger partial charge on any atom is -0.496 e. The summed E-state index contributed by atoms with van der Waals surface area (Å²) in [6.45, 7) is 4.85. The fourth-order valence-electron chi connectivity index (χ4n) is 2.76. The summed E-state index contributed by atoms with van der Waals surface area (Å²) in [7, 11) is 1.64. The lowest BCUT2D eigenvalue weighted by atomic mass is 10.2. The number of nitrogens with zero attached hydrogens (tertiary/aromatic N) is 2. The molecule has 1 heterocycles. The predicted molar refractivity (Wildman–Crippen MR) is 113 cm³/mol. The Morgan fingerprint density at radius 2 is 1.89 bits per heavy atom. The lowest BCUT2D eigenvalue weighted by Gasteiger charge is -2.14. The van der Waals surface area contributed by atoms with Crippen molar-refractivity contribution in [2.75, 3.05) is 13.7 Å². The molecule has 1 amide bonds. The molecule has 0 N–H and O–H groups in total. The summed E-state index contributed by atoms with van der Waals surface area (Å²) in [4.78, 5) is 20.2. The number of carbonyl (C=O) groups is 1. The first kappa shape index (κ1) is 19.2. The van der Waals surface area contributed by atoms with Crippen molar-refractivity contribution in [2.45, 2.75) is 26.7 Å². The van der Waals surface area contributed by atoms with Crippen LogP contribution in [0.15, 0.2) is 58.4 Å². The highest BCUT2D eigenvalue weighted by molar-refractivity contribution is 8.18. The molecule has 5 heteroatoms. The number of unbranched alkanes of at least 4 members (excludes halogenated alkanes) is 1. The van der Waals surface area contributed by atoms with E-state index in [4.69, 9.17) is 9.73 Å².